The van der Waals surface area contributed by atoms with E-state index in [2.05, 4.69) is 30.1 Å². The van der Waals surface area contributed by atoms with E-state index < -0.39 is 5.60 Å². The zero-order chi connectivity index (χ0) is 27.9. The SMILES string of the molecule is CCCN(CCC)c1ccc2c(c1)C1(OC2=O)c2ccccc2Oc2ccc(Nc3ccc(C(C)=O)cc3)cc21. The van der Waals surface area contributed by atoms with Gasteiger partial charge in [0.1, 0.15) is 11.5 Å². The molecular weight excluding hydrogens is 500 g/mol. The average Bonchev–Trinajstić information content (AvgIpc) is 3.25. The summed E-state index contributed by atoms with van der Waals surface area (Å²) in [6.07, 6.45) is 2.05. The molecule has 0 saturated carbocycles. The van der Waals surface area contributed by atoms with Crippen LogP contribution in [0.25, 0.3) is 0 Å². The summed E-state index contributed by atoms with van der Waals surface area (Å²) in [5, 5.41) is 3.43. The van der Waals surface area contributed by atoms with Gasteiger partial charge in [-0.15, -0.1) is 0 Å². The Morgan fingerprint density at radius 2 is 1.50 bits per heavy atom. The molecule has 0 saturated heterocycles. The lowest BCUT2D eigenvalue weighted by atomic mass is 9.77. The van der Waals surface area contributed by atoms with Crippen molar-refractivity contribution >= 4 is 28.8 Å². The van der Waals surface area contributed by atoms with Gasteiger partial charge in [0.05, 0.1) is 5.56 Å². The first kappa shape index (κ1) is 25.7. The highest BCUT2D eigenvalue weighted by atomic mass is 16.6. The topological polar surface area (TPSA) is 67.9 Å². The fraction of sp³-hybridized carbons (Fsp3) is 0.235. The standard InChI is InChI=1S/C34H32N2O4/c1-4-18-36(19-5-2)26-15-16-27-29(21-26)34(40-33(27)38)28-8-6-7-9-31(28)39-32-17-14-25(20-30(32)34)35-24-12-10-23(11-13-24)22(3)37/h6-17,20-21,35H,4-5,18-19H2,1-3H3. The molecule has 2 aliphatic heterocycles. The number of carbonyl (C=O) groups excluding carboxylic acids is 2. The van der Waals surface area contributed by atoms with Crippen LogP contribution in [0, 0.1) is 0 Å². The third-order valence-corrected chi connectivity index (χ3v) is 7.63. The van der Waals surface area contributed by atoms with Gasteiger partial charge in [0.25, 0.3) is 0 Å². The molecule has 1 N–H and O–H groups in total. The molecule has 0 fully saturated rings. The molecule has 0 bridgehead atoms. The number of benzene rings is 4. The summed E-state index contributed by atoms with van der Waals surface area (Å²) in [5.41, 5.74) is 5.20. The quantitative estimate of drug-likeness (QED) is 0.184. The lowest BCUT2D eigenvalue weighted by molar-refractivity contribution is 0.0224. The maximum absolute atomic E-state index is 13.4. The molecular formula is C34H32N2O4. The molecule has 2 heterocycles. The van der Waals surface area contributed by atoms with E-state index in [4.69, 9.17) is 9.47 Å². The van der Waals surface area contributed by atoms with Crippen LogP contribution in [-0.4, -0.2) is 24.8 Å². The number of esters is 1. The van der Waals surface area contributed by atoms with E-state index in [0.717, 1.165) is 59.7 Å². The summed E-state index contributed by atoms with van der Waals surface area (Å²) in [4.78, 5) is 27.5. The van der Waals surface area contributed by atoms with E-state index in [-0.39, 0.29) is 11.8 Å². The highest BCUT2D eigenvalue weighted by Crippen LogP contribution is 2.57. The Hall–Kier alpha value is -4.58. The molecule has 1 atom stereocenters. The smallest absolute Gasteiger partial charge is 0.340 e. The number of ketones is 1. The molecule has 0 amide bonds. The summed E-state index contributed by atoms with van der Waals surface area (Å²) in [6.45, 7) is 7.77. The van der Waals surface area contributed by atoms with Gasteiger partial charge in [-0.25, -0.2) is 4.79 Å². The van der Waals surface area contributed by atoms with E-state index in [1.54, 1.807) is 19.1 Å². The number of nitrogens with zero attached hydrogens (tertiary/aromatic N) is 1. The third-order valence-electron chi connectivity index (χ3n) is 7.63. The highest BCUT2D eigenvalue weighted by molar-refractivity contribution is 5.98. The molecule has 4 aromatic carbocycles. The van der Waals surface area contributed by atoms with Gasteiger partial charge in [0.2, 0.25) is 0 Å². The molecule has 0 radical (unpaired) electrons. The van der Waals surface area contributed by atoms with E-state index in [0.29, 0.717) is 22.6 Å². The van der Waals surface area contributed by atoms with Crippen molar-refractivity contribution in [2.45, 2.75) is 39.2 Å². The Morgan fingerprint density at radius 3 is 2.23 bits per heavy atom. The minimum atomic E-state index is -1.15. The normalized spacial score (nSPS) is 16.4. The zero-order valence-electron chi connectivity index (χ0n) is 23.0. The number of ether oxygens (including phenoxy) is 2. The minimum Gasteiger partial charge on any atom is -0.456 e. The van der Waals surface area contributed by atoms with Gasteiger partial charge in [-0.05, 0) is 86.5 Å². The number of fused-ring (bicyclic) bond motifs is 6. The number of rotatable bonds is 8. The molecule has 4 aromatic rings. The predicted octanol–water partition coefficient (Wildman–Crippen LogP) is 7.83. The largest absolute Gasteiger partial charge is 0.456 e. The lowest BCUT2D eigenvalue weighted by Crippen LogP contribution is -2.33. The van der Waals surface area contributed by atoms with E-state index in [1.165, 1.54) is 0 Å². The number of carbonyl (C=O) groups is 2. The molecule has 1 unspecified atom stereocenters. The maximum Gasteiger partial charge on any atom is 0.340 e. The van der Waals surface area contributed by atoms with Crippen LogP contribution in [0.2, 0.25) is 0 Å². The van der Waals surface area contributed by atoms with Crippen LogP contribution < -0.4 is 15.0 Å². The first-order valence-electron chi connectivity index (χ1n) is 13.9. The Bertz CT molecular complexity index is 1610. The summed E-state index contributed by atoms with van der Waals surface area (Å²) < 4.78 is 12.8. The van der Waals surface area contributed by atoms with E-state index in [9.17, 15) is 9.59 Å². The second-order valence-corrected chi connectivity index (χ2v) is 10.4. The fourth-order valence-corrected chi connectivity index (χ4v) is 5.79. The second-order valence-electron chi connectivity index (χ2n) is 10.4. The van der Waals surface area contributed by atoms with Crippen molar-refractivity contribution in [2.75, 3.05) is 23.3 Å². The second kappa shape index (κ2) is 10.2. The van der Waals surface area contributed by atoms with Crippen LogP contribution >= 0.6 is 0 Å². The number of hydrogen-bond acceptors (Lipinski definition) is 6. The third kappa shape index (κ3) is 4.20. The highest BCUT2D eigenvalue weighted by Gasteiger charge is 2.53. The van der Waals surface area contributed by atoms with Crippen LogP contribution in [0.4, 0.5) is 17.1 Å². The predicted molar refractivity (Wildman–Crippen MR) is 157 cm³/mol. The van der Waals surface area contributed by atoms with Crippen LogP contribution in [0.3, 0.4) is 0 Å². The lowest BCUT2D eigenvalue weighted by Gasteiger charge is -2.37. The van der Waals surface area contributed by atoms with Gasteiger partial charge in [-0.1, -0.05) is 32.0 Å². The van der Waals surface area contributed by atoms with Crippen molar-refractivity contribution in [2.24, 2.45) is 0 Å². The van der Waals surface area contributed by atoms with Gasteiger partial charge in [-0.3, -0.25) is 4.79 Å². The number of para-hydroxylation sites is 1. The van der Waals surface area contributed by atoms with Gasteiger partial charge in [0, 0.05) is 52.4 Å². The molecule has 2 aliphatic rings. The van der Waals surface area contributed by atoms with Crippen molar-refractivity contribution in [3.63, 3.8) is 0 Å². The Kier molecular flexibility index (Phi) is 6.54. The maximum atomic E-state index is 13.4. The van der Waals surface area contributed by atoms with Crippen LogP contribution in [0.1, 0.15) is 71.0 Å². The first-order chi connectivity index (χ1) is 19.4. The zero-order valence-corrected chi connectivity index (χ0v) is 23.0. The number of Topliss-reactive ketones (excluding diaryl/α,β-unsaturated/α-hetero) is 1. The van der Waals surface area contributed by atoms with Crippen LogP contribution in [0.5, 0.6) is 11.5 Å². The summed E-state index contributed by atoms with van der Waals surface area (Å²) in [6, 6.07) is 27.0. The Balaban J connectivity index is 1.50. The fourth-order valence-electron chi connectivity index (χ4n) is 5.79. The summed E-state index contributed by atoms with van der Waals surface area (Å²) in [7, 11) is 0. The minimum absolute atomic E-state index is 0.0237. The summed E-state index contributed by atoms with van der Waals surface area (Å²) in [5.74, 6) is 0.984. The molecule has 202 valence electrons. The molecule has 0 aliphatic carbocycles. The Labute approximate surface area is 234 Å². The summed E-state index contributed by atoms with van der Waals surface area (Å²) >= 11 is 0. The molecule has 40 heavy (non-hydrogen) atoms. The monoisotopic (exact) mass is 532 g/mol. The van der Waals surface area contributed by atoms with Crippen molar-refractivity contribution < 1.29 is 19.1 Å². The van der Waals surface area contributed by atoms with Gasteiger partial charge in [-0.2, -0.15) is 0 Å². The first-order valence-corrected chi connectivity index (χ1v) is 13.9. The average molecular weight is 533 g/mol. The molecule has 6 rings (SSSR count). The van der Waals surface area contributed by atoms with Crippen molar-refractivity contribution in [3.05, 3.63) is 113 Å². The van der Waals surface area contributed by atoms with E-state index in [1.807, 2.05) is 66.7 Å². The van der Waals surface area contributed by atoms with Crippen molar-refractivity contribution in [1.29, 1.82) is 0 Å². The number of hydrogen-bond donors (Lipinski definition) is 1. The van der Waals surface area contributed by atoms with Gasteiger partial charge >= 0.3 is 5.97 Å². The van der Waals surface area contributed by atoms with Crippen molar-refractivity contribution in [3.8, 4) is 11.5 Å². The van der Waals surface area contributed by atoms with Gasteiger partial charge in [0.15, 0.2) is 11.4 Å². The number of nitrogens with one attached hydrogen (secondary N) is 1. The van der Waals surface area contributed by atoms with Crippen LogP contribution in [-0.2, 0) is 10.3 Å². The van der Waals surface area contributed by atoms with Crippen molar-refractivity contribution in [1.82, 2.24) is 0 Å². The molecule has 6 heteroatoms. The number of anilines is 3. The molecule has 6 nitrogen and oxygen atoms in total. The molecule has 1 spiro atoms. The van der Waals surface area contributed by atoms with Crippen LogP contribution in [0.15, 0.2) is 84.9 Å². The van der Waals surface area contributed by atoms with E-state index >= 15 is 0 Å². The van der Waals surface area contributed by atoms with Gasteiger partial charge < -0.3 is 19.7 Å². The molecule has 0 aromatic heterocycles. The Morgan fingerprint density at radius 1 is 0.800 bits per heavy atom.